The number of allylic oxidation sites excluding steroid dienone is 2. The standard InChI is InChI=1S/C28H50O4/c1-5-7-11-15-22(3)30-21-25-24(26-19-20-27(25)32-26)17-13-9-10-14-18-28(29)31-23(4)16-12-8-6-2/h9,13,22-27H,5-8,10-12,14-21H2,1-4H3/t22?,23?,24-,25+,26-,27+/m1/s1. The van der Waals surface area contributed by atoms with E-state index in [9.17, 15) is 4.79 Å². The van der Waals surface area contributed by atoms with Gasteiger partial charge in [0.15, 0.2) is 0 Å². The number of carbonyl (C=O) groups is 1. The van der Waals surface area contributed by atoms with Crippen LogP contribution in [0.5, 0.6) is 0 Å². The number of esters is 1. The molecule has 0 aromatic heterocycles. The first-order valence-corrected chi connectivity index (χ1v) is 13.7. The van der Waals surface area contributed by atoms with Crippen molar-refractivity contribution < 1.29 is 19.0 Å². The number of ether oxygens (including phenoxy) is 3. The number of hydrogen-bond donors (Lipinski definition) is 0. The van der Waals surface area contributed by atoms with Crippen molar-refractivity contribution in [1.29, 1.82) is 0 Å². The second-order valence-corrected chi connectivity index (χ2v) is 10.2. The van der Waals surface area contributed by atoms with Crippen LogP contribution in [0, 0.1) is 11.8 Å². The summed E-state index contributed by atoms with van der Waals surface area (Å²) >= 11 is 0. The van der Waals surface area contributed by atoms with E-state index in [1.807, 2.05) is 6.92 Å². The maximum absolute atomic E-state index is 12.0. The zero-order chi connectivity index (χ0) is 23.2. The van der Waals surface area contributed by atoms with E-state index in [1.54, 1.807) is 0 Å². The largest absolute Gasteiger partial charge is 0.463 e. The van der Waals surface area contributed by atoms with Crippen LogP contribution < -0.4 is 0 Å². The topological polar surface area (TPSA) is 44.8 Å². The third-order valence-electron chi connectivity index (χ3n) is 7.25. The van der Waals surface area contributed by atoms with Gasteiger partial charge >= 0.3 is 5.97 Å². The van der Waals surface area contributed by atoms with Crippen molar-refractivity contribution in [2.45, 2.75) is 142 Å². The van der Waals surface area contributed by atoms with Crippen LogP contribution in [0.25, 0.3) is 0 Å². The molecule has 2 unspecified atom stereocenters. The Labute approximate surface area is 197 Å². The predicted molar refractivity (Wildman–Crippen MR) is 132 cm³/mol. The molecule has 0 saturated carbocycles. The normalized spacial score (nSPS) is 26.6. The molecule has 0 aromatic carbocycles. The lowest BCUT2D eigenvalue weighted by atomic mass is 9.78. The van der Waals surface area contributed by atoms with Gasteiger partial charge in [0, 0.05) is 12.3 Å². The first kappa shape index (κ1) is 27.4. The molecule has 2 aliphatic heterocycles. The van der Waals surface area contributed by atoms with Crippen molar-refractivity contribution in [3.05, 3.63) is 12.2 Å². The smallest absolute Gasteiger partial charge is 0.306 e. The molecule has 4 heteroatoms. The number of rotatable bonds is 18. The molecule has 32 heavy (non-hydrogen) atoms. The van der Waals surface area contributed by atoms with E-state index in [-0.39, 0.29) is 12.1 Å². The highest BCUT2D eigenvalue weighted by atomic mass is 16.5. The summed E-state index contributed by atoms with van der Waals surface area (Å²) in [5, 5.41) is 0. The summed E-state index contributed by atoms with van der Waals surface area (Å²) in [5.41, 5.74) is 0. The highest BCUT2D eigenvalue weighted by molar-refractivity contribution is 5.69. The fraction of sp³-hybridized carbons (Fsp3) is 0.893. The molecule has 2 fully saturated rings. The van der Waals surface area contributed by atoms with Crippen LogP contribution in [0.3, 0.4) is 0 Å². The molecular weight excluding hydrogens is 400 g/mol. The van der Waals surface area contributed by atoms with E-state index in [2.05, 4.69) is 32.9 Å². The molecule has 2 heterocycles. The van der Waals surface area contributed by atoms with E-state index < -0.39 is 0 Å². The summed E-state index contributed by atoms with van der Waals surface area (Å²) in [6.45, 7) is 9.51. The summed E-state index contributed by atoms with van der Waals surface area (Å²) in [6, 6.07) is 0. The Morgan fingerprint density at radius 1 is 0.906 bits per heavy atom. The quantitative estimate of drug-likeness (QED) is 0.124. The number of unbranched alkanes of at least 4 members (excludes halogenated alkanes) is 5. The zero-order valence-corrected chi connectivity index (χ0v) is 21.4. The summed E-state index contributed by atoms with van der Waals surface area (Å²) < 4.78 is 18.0. The van der Waals surface area contributed by atoms with Crippen molar-refractivity contribution >= 4 is 5.97 Å². The Hall–Kier alpha value is -0.870. The van der Waals surface area contributed by atoms with Crippen LogP contribution in [-0.4, -0.2) is 37.0 Å². The minimum atomic E-state index is -0.0471. The van der Waals surface area contributed by atoms with Crippen LogP contribution in [0.2, 0.25) is 0 Å². The Bertz CT molecular complexity index is 532. The monoisotopic (exact) mass is 450 g/mol. The second-order valence-electron chi connectivity index (χ2n) is 10.2. The number of fused-ring (bicyclic) bond motifs is 2. The van der Waals surface area contributed by atoms with Crippen LogP contribution in [0.1, 0.15) is 118 Å². The lowest BCUT2D eigenvalue weighted by Gasteiger charge is -2.28. The molecule has 2 rings (SSSR count). The first-order valence-electron chi connectivity index (χ1n) is 13.7. The molecule has 186 valence electrons. The van der Waals surface area contributed by atoms with E-state index in [0.29, 0.717) is 36.6 Å². The van der Waals surface area contributed by atoms with Gasteiger partial charge in [-0.15, -0.1) is 0 Å². The number of hydrogen-bond acceptors (Lipinski definition) is 4. The average Bonchev–Trinajstić information content (AvgIpc) is 3.37. The Balaban J connectivity index is 1.61. The molecule has 6 atom stereocenters. The minimum Gasteiger partial charge on any atom is -0.463 e. The molecule has 4 nitrogen and oxygen atoms in total. The molecule has 0 spiro atoms. The summed E-state index contributed by atoms with van der Waals surface area (Å²) in [5.74, 6) is 1.08. The van der Waals surface area contributed by atoms with E-state index >= 15 is 0 Å². The summed E-state index contributed by atoms with van der Waals surface area (Å²) in [6.07, 6.45) is 21.1. The van der Waals surface area contributed by atoms with Gasteiger partial charge in [0.05, 0.1) is 31.0 Å². The van der Waals surface area contributed by atoms with Gasteiger partial charge in [-0.25, -0.2) is 0 Å². The Morgan fingerprint density at radius 2 is 1.56 bits per heavy atom. The van der Waals surface area contributed by atoms with Gasteiger partial charge in [-0.1, -0.05) is 58.1 Å². The molecule has 2 saturated heterocycles. The maximum atomic E-state index is 12.0. The molecule has 0 N–H and O–H groups in total. The Morgan fingerprint density at radius 3 is 2.25 bits per heavy atom. The van der Waals surface area contributed by atoms with Gasteiger partial charge in [-0.2, -0.15) is 0 Å². The van der Waals surface area contributed by atoms with Gasteiger partial charge < -0.3 is 14.2 Å². The highest BCUT2D eigenvalue weighted by Gasteiger charge is 2.48. The van der Waals surface area contributed by atoms with Crippen LogP contribution >= 0.6 is 0 Å². The minimum absolute atomic E-state index is 0.0471. The summed E-state index contributed by atoms with van der Waals surface area (Å²) in [4.78, 5) is 12.0. The van der Waals surface area contributed by atoms with Crippen molar-refractivity contribution in [1.82, 2.24) is 0 Å². The predicted octanol–water partition coefficient (Wildman–Crippen LogP) is 7.39. The van der Waals surface area contributed by atoms with Gasteiger partial charge in [-0.3, -0.25) is 4.79 Å². The average molecular weight is 451 g/mol. The maximum Gasteiger partial charge on any atom is 0.306 e. The fourth-order valence-corrected chi connectivity index (χ4v) is 5.23. The van der Waals surface area contributed by atoms with Crippen LogP contribution in [0.4, 0.5) is 0 Å². The summed E-state index contributed by atoms with van der Waals surface area (Å²) in [7, 11) is 0. The second kappa shape index (κ2) is 15.9. The molecule has 0 radical (unpaired) electrons. The third-order valence-corrected chi connectivity index (χ3v) is 7.25. The molecule has 0 aliphatic carbocycles. The molecule has 0 aromatic rings. The molecule has 2 aliphatic rings. The fourth-order valence-electron chi connectivity index (χ4n) is 5.23. The third kappa shape index (κ3) is 9.95. The van der Waals surface area contributed by atoms with Crippen LogP contribution in [-0.2, 0) is 19.0 Å². The van der Waals surface area contributed by atoms with E-state index in [4.69, 9.17) is 14.2 Å². The van der Waals surface area contributed by atoms with Crippen molar-refractivity contribution in [2.24, 2.45) is 11.8 Å². The Kier molecular flexibility index (Phi) is 13.6. The van der Waals surface area contributed by atoms with Gasteiger partial charge in [0.25, 0.3) is 0 Å². The number of carbonyl (C=O) groups excluding carboxylic acids is 1. The van der Waals surface area contributed by atoms with Crippen LogP contribution in [0.15, 0.2) is 12.2 Å². The molecule has 2 bridgehead atoms. The molecule has 0 amide bonds. The van der Waals surface area contributed by atoms with Crippen molar-refractivity contribution in [3.63, 3.8) is 0 Å². The molecular formula is C28H50O4. The van der Waals surface area contributed by atoms with Crippen molar-refractivity contribution in [2.75, 3.05) is 6.61 Å². The lowest BCUT2D eigenvalue weighted by Crippen LogP contribution is -2.31. The SMILES string of the molecule is CCCCCC(C)OC[C@H]1[C@@H](CC=CCCCC(=O)OC(C)CCCCC)[C@H]2CC[C@@H]1O2. The van der Waals surface area contributed by atoms with Gasteiger partial charge in [0.2, 0.25) is 0 Å². The van der Waals surface area contributed by atoms with Crippen molar-refractivity contribution in [3.8, 4) is 0 Å². The highest BCUT2D eigenvalue weighted by Crippen LogP contribution is 2.45. The first-order chi connectivity index (χ1) is 15.5. The van der Waals surface area contributed by atoms with Gasteiger partial charge in [-0.05, 0) is 71.1 Å². The van der Waals surface area contributed by atoms with Gasteiger partial charge in [0.1, 0.15) is 0 Å². The lowest BCUT2D eigenvalue weighted by molar-refractivity contribution is -0.148. The van der Waals surface area contributed by atoms with E-state index in [1.165, 1.54) is 51.4 Å². The zero-order valence-electron chi connectivity index (χ0n) is 21.4. The van der Waals surface area contributed by atoms with E-state index in [0.717, 1.165) is 38.7 Å².